The Balaban J connectivity index is 1.14. The van der Waals surface area contributed by atoms with Crippen molar-refractivity contribution in [1.82, 2.24) is 0 Å². The molecule has 13 heteroatoms. The van der Waals surface area contributed by atoms with Crippen molar-refractivity contribution < 1.29 is 63.7 Å². The van der Waals surface area contributed by atoms with Crippen molar-refractivity contribution >= 4 is 23.5 Å². The van der Waals surface area contributed by atoms with Crippen LogP contribution in [0, 0.1) is 11.8 Å². The number of ketones is 2. The minimum Gasteiger partial charge on any atom is -0.453 e. The van der Waals surface area contributed by atoms with Crippen LogP contribution in [0.2, 0.25) is 0 Å². The summed E-state index contributed by atoms with van der Waals surface area (Å²) < 4.78 is 23.0. The molecule has 5 N–H and O–H groups in total. The van der Waals surface area contributed by atoms with Gasteiger partial charge >= 0.3 is 11.9 Å². The van der Waals surface area contributed by atoms with Crippen LogP contribution in [0.4, 0.5) is 0 Å². The minimum absolute atomic E-state index is 0.0645. The molecule has 0 aromatic carbocycles. The van der Waals surface area contributed by atoms with Crippen molar-refractivity contribution in [2.75, 3.05) is 19.8 Å². The molecule has 264 valence electrons. The summed E-state index contributed by atoms with van der Waals surface area (Å²) in [6, 6.07) is 0. The number of carbonyl (C=O) groups excluding carboxylic acids is 4. The van der Waals surface area contributed by atoms with E-state index in [0.29, 0.717) is 52.7 Å². The van der Waals surface area contributed by atoms with Crippen LogP contribution in [-0.4, -0.2) is 111 Å². The Bertz CT molecular complexity index is 1640. The summed E-state index contributed by atoms with van der Waals surface area (Å²) in [6.45, 7) is 9.69. The Morgan fingerprint density at radius 3 is 2.35 bits per heavy atom. The van der Waals surface area contributed by atoms with Gasteiger partial charge in [-0.1, -0.05) is 13.2 Å². The fourth-order valence-corrected chi connectivity index (χ4v) is 8.22. The highest BCUT2D eigenvalue weighted by Crippen LogP contribution is 2.51. The molecular formula is C36H42O13. The third-order valence-corrected chi connectivity index (χ3v) is 11.1. The van der Waals surface area contributed by atoms with Gasteiger partial charge in [-0.2, -0.15) is 0 Å². The molecular weight excluding hydrogens is 640 g/mol. The highest BCUT2D eigenvalue weighted by molar-refractivity contribution is 6.12. The van der Waals surface area contributed by atoms with Crippen LogP contribution >= 0.6 is 0 Å². The molecule has 13 nitrogen and oxygen atoms in total. The molecule has 49 heavy (non-hydrogen) atoms. The molecule has 0 amide bonds. The van der Waals surface area contributed by atoms with Gasteiger partial charge in [-0.3, -0.25) is 9.59 Å². The third-order valence-electron chi connectivity index (χ3n) is 11.1. The average Bonchev–Trinajstić information content (AvgIpc) is 3.27. The topological polar surface area (TPSA) is 206 Å². The quantitative estimate of drug-likeness (QED) is 0.177. The average molecular weight is 683 g/mol. The Morgan fingerprint density at radius 1 is 0.980 bits per heavy atom. The number of fused-ring (bicyclic) bond motifs is 2. The van der Waals surface area contributed by atoms with Crippen molar-refractivity contribution in [2.45, 2.75) is 94.3 Å². The number of rotatable bonds is 8. The molecule has 0 unspecified atom stereocenters. The monoisotopic (exact) mass is 682 g/mol. The summed E-state index contributed by atoms with van der Waals surface area (Å²) in [7, 11) is 0. The van der Waals surface area contributed by atoms with E-state index in [4.69, 9.17) is 18.9 Å². The Kier molecular flexibility index (Phi) is 9.33. The van der Waals surface area contributed by atoms with Crippen molar-refractivity contribution in [3.05, 3.63) is 69.9 Å². The molecule has 2 aliphatic heterocycles. The highest BCUT2D eigenvalue weighted by atomic mass is 16.7. The summed E-state index contributed by atoms with van der Waals surface area (Å²) in [5.41, 5.74) is -0.346. The molecule has 2 bridgehead atoms. The van der Waals surface area contributed by atoms with Crippen molar-refractivity contribution in [3.63, 3.8) is 0 Å². The fraction of sp³-hybridized carbons (Fsp3) is 0.556. The summed E-state index contributed by atoms with van der Waals surface area (Å²) in [6.07, 6.45) is -3.43. The first-order chi connectivity index (χ1) is 23.2. The lowest BCUT2D eigenvalue weighted by atomic mass is 9.78. The number of esters is 2. The highest BCUT2D eigenvalue weighted by Gasteiger charge is 2.55. The van der Waals surface area contributed by atoms with E-state index in [1.54, 1.807) is 13.8 Å². The van der Waals surface area contributed by atoms with Gasteiger partial charge in [-0.05, 0) is 92.2 Å². The van der Waals surface area contributed by atoms with Crippen molar-refractivity contribution in [3.8, 4) is 0 Å². The normalized spacial score (nSPS) is 37.6. The van der Waals surface area contributed by atoms with Gasteiger partial charge < -0.3 is 44.5 Å². The van der Waals surface area contributed by atoms with E-state index in [1.807, 2.05) is 0 Å². The smallest absolute Gasteiger partial charge is 0.334 e. The van der Waals surface area contributed by atoms with Gasteiger partial charge in [0.25, 0.3) is 0 Å². The molecule has 2 heterocycles. The molecule has 6 aliphatic rings. The lowest BCUT2D eigenvalue weighted by molar-refractivity contribution is -0.301. The minimum atomic E-state index is -1.77. The lowest BCUT2D eigenvalue weighted by Gasteiger charge is -2.41. The molecule has 1 spiro atoms. The van der Waals surface area contributed by atoms with Crippen LogP contribution in [-0.2, 0) is 38.1 Å². The zero-order valence-electron chi connectivity index (χ0n) is 27.5. The molecule has 9 atom stereocenters. The van der Waals surface area contributed by atoms with Gasteiger partial charge in [0.05, 0.1) is 19.8 Å². The van der Waals surface area contributed by atoms with E-state index < -0.39 is 78.8 Å². The van der Waals surface area contributed by atoms with Crippen LogP contribution in [0.25, 0.3) is 0 Å². The predicted molar refractivity (Wildman–Crippen MR) is 169 cm³/mol. The number of allylic oxidation sites excluding steroid dienone is 2. The van der Waals surface area contributed by atoms with E-state index in [9.17, 15) is 44.7 Å². The largest absolute Gasteiger partial charge is 0.453 e. The van der Waals surface area contributed by atoms with E-state index in [2.05, 4.69) is 13.2 Å². The van der Waals surface area contributed by atoms with Crippen molar-refractivity contribution in [1.29, 1.82) is 0 Å². The maximum Gasteiger partial charge on any atom is 0.334 e. The Morgan fingerprint density at radius 2 is 1.65 bits per heavy atom. The van der Waals surface area contributed by atoms with E-state index in [0.717, 1.165) is 0 Å². The maximum atomic E-state index is 13.4. The first-order valence-corrected chi connectivity index (χ1v) is 16.5. The van der Waals surface area contributed by atoms with E-state index in [-0.39, 0.29) is 48.7 Å². The number of carbonyl (C=O) groups is 4. The molecule has 2 fully saturated rings. The molecule has 0 aromatic heterocycles. The van der Waals surface area contributed by atoms with Crippen molar-refractivity contribution in [2.24, 2.45) is 11.8 Å². The molecule has 4 aliphatic carbocycles. The number of aliphatic hydroxyl groups is 5. The summed E-state index contributed by atoms with van der Waals surface area (Å²) in [5, 5.41) is 53.7. The number of hydrogen-bond donors (Lipinski definition) is 5. The summed E-state index contributed by atoms with van der Waals surface area (Å²) in [4.78, 5) is 51.8. The SMILES string of the molecule is C=C(C(=O)O[C@H]1[C@H](O)[C@@H](O)[C@H](OCC2=C3C(=O)C=C(C)[C@@]34C[C@@H](CC2)C(=C)C(=O)O4)O[C@@H]1CO)[C@@H]1CCC(CO)=C2C(=O)C=C(C)[C@@]2(O)C1. The number of hydrogen-bond acceptors (Lipinski definition) is 13. The number of aliphatic hydroxyl groups excluding tert-OH is 4. The standard InChI is InChI=1S/C36H42O13/c1-16-9-24(39)27-22(13-37)7-5-20(11-35(16,27)45)18(3)32(43)48-31-26(14-38)47-34(30(42)29(31)41)46-15-23-8-6-21-12-36(49-33(44)19(21)4)17(2)10-25(40)28(23)36/h9-10,20-21,26,29-31,34,37-38,41-42,45H,3-8,11-15H2,1-2H3/t20-,21-,26-,29-,30-,31-,34-,35+,36+/m1/s1. The van der Waals surface area contributed by atoms with Gasteiger partial charge in [-0.25, -0.2) is 9.59 Å². The second-order valence-corrected chi connectivity index (χ2v) is 13.9. The van der Waals surface area contributed by atoms with Crippen LogP contribution in [0.15, 0.2) is 69.9 Å². The molecule has 0 saturated carbocycles. The molecule has 0 radical (unpaired) electrons. The second-order valence-electron chi connectivity index (χ2n) is 13.9. The molecule has 2 saturated heterocycles. The first kappa shape index (κ1) is 35.3. The van der Waals surface area contributed by atoms with Crippen LogP contribution in [0.5, 0.6) is 0 Å². The zero-order valence-corrected chi connectivity index (χ0v) is 27.5. The van der Waals surface area contributed by atoms with Crippen LogP contribution in [0.1, 0.15) is 52.4 Å². The third kappa shape index (κ3) is 5.71. The predicted octanol–water partition coefficient (Wildman–Crippen LogP) is 0.737. The van der Waals surface area contributed by atoms with Crippen LogP contribution in [0.3, 0.4) is 0 Å². The van der Waals surface area contributed by atoms with E-state index in [1.165, 1.54) is 12.2 Å². The van der Waals surface area contributed by atoms with Crippen LogP contribution < -0.4 is 0 Å². The van der Waals surface area contributed by atoms with Gasteiger partial charge in [0.2, 0.25) is 0 Å². The van der Waals surface area contributed by atoms with Gasteiger partial charge in [0.15, 0.2) is 29.6 Å². The summed E-state index contributed by atoms with van der Waals surface area (Å²) in [5.74, 6) is -3.12. The van der Waals surface area contributed by atoms with Gasteiger partial charge in [-0.15, -0.1) is 0 Å². The fourth-order valence-electron chi connectivity index (χ4n) is 8.22. The Hall–Kier alpha value is -3.56. The lowest BCUT2D eigenvalue weighted by Crippen LogP contribution is -2.60. The zero-order chi connectivity index (χ0) is 35.6. The molecule has 0 aromatic rings. The second kappa shape index (κ2) is 13.0. The Labute approximate surface area is 282 Å². The summed E-state index contributed by atoms with van der Waals surface area (Å²) >= 11 is 0. The first-order valence-electron chi connectivity index (χ1n) is 16.5. The maximum absolute atomic E-state index is 13.4. The number of ether oxygens (including phenoxy) is 4. The van der Waals surface area contributed by atoms with Gasteiger partial charge in [0.1, 0.15) is 23.9 Å². The van der Waals surface area contributed by atoms with E-state index >= 15 is 0 Å². The van der Waals surface area contributed by atoms with Gasteiger partial charge in [0, 0.05) is 28.7 Å². The molecule has 6 rings (SSSR count).